The van der Waals surface area contributed by atoms with Crippen molar-refractivity contribution >= 4 is 16.9 Å². The number of aromatic nitrogens is 3. The number of hydrogen-bond donors (Lipinski definition) is 0. The first kappa shape index (κ1) is 23.8. The lowest BCUT2D eigenvalue weighted by molar-refractivity contribution is -0.144. The van der Waals surface area contributed by atoms with Gasteiger partial charge in [-0.05, 0) is 69.0 Å². The number of fused-ring (bicyclic) bond motifs is 2. The Hall–Kier alpha value is -3.96. The molecule has 0 unspecified atom stereocenters. The van der Waals surface area contributed by atoms with Gasteiger partial charge in [0.05, 0.1) is 18.7 Å². The highest BCUT2D eigenvalue weighted by Crippen LogP contribution is 2.33. The van der Waals surface area contributed by atoms with Gasteiger partial charge < -0.3 is 13.8 Å². The summed E-state index contributed by atoms with van der Waals surface area (Å²) in [5, 5.41) is 14.8. The minimum Gasteiger partial charge on any atom is -0.465 e. The third kappa shape index (κ3) is 4.27. The number of carbonyl (C=O) groups excluding carboxylic acids is 1. The molecule has 1 aliphatic heterocycles. The number of esters is 1. The first-order valence-corrected chi connectivity index (χ1v) is 12.3. The van der Waals surface area contributed by atoms with Crippen LogP contribution in [0.4, 0.5) is 0 Å². The largest absolute Gasteiger partial charge is 0.465 e. The van der Waals surface area contributed by atoms with E-state index in [1.54, 1.807) is 0 Å². The standard InChI is InChI=1S/C28H29N5O3/c1-5-35-26(34)16-32-11-10-22-18(4)23(8-6-20(22)14-32)27-30-28(36-31-27)19-7-9-25-24(12-19)21(13-29)15-33(25)17(2)3/h6-9,12,15,17H,5,10-11,14,16H2,1-4H3. The summed E-state index contributed by atoms with van der Waals surface area (Å²) in [5.41, 5.74) is 6.97. The Morgan fingerprint density at radius 1 is 1.28 bits per heavy atom. The van der Waals surface area contributed by atoms with Gasteiger partial charge in [0.2, 0.25) is 5.82 Å². The number of hydrogen-bond acceptors (Lipinski definition) is 7. The van der Waals surface area contributed by atoms with Gasteiger partial charge >= 0.3 is 5.97 Å². The molecule has 0 N–H and O–H groups in total. The van der Waals surface area contributed by atoms with E-state index in [1.165, 1.54) is 11.1 Å². The van der Waals surface area contributed by atoms with Gasteiger partial charge in [-0.25, -0.2) is 0 Å². The molecule has 0 spiro atoms. The van der Waals surface area contributed by atoms with Gasteiger partial charge in [0, 0.05) is 47.4 Å². The van der Waals surface area contributed by atoms with Crippen LogP contribution >= 0.6 is 0 Å². The summed E-state index contributed by atoms with van der Waals surface area (Å²) < 4.78 is 12.8. The predicted octanol–water partition coefficient (Wildman–Crippen LogP) is 5.04. The van der Waals surface area contributed by atoms with Crippen LogP contribution in [-0.2, 0) is 22.5 Å². The fraction of sp³-hybridized carbons (Fsp3) is 0.357. The van der Waals surface area contributed by atoms with Gasteiger partial charge in [0.1, 0.15) is 6.07 Å². The topological polar surface area (TPSA) is 97.2 Å². The van der Waals surface area contributed by atoms with Crippen molar-refractivity contribution in [3.05, 3.63) is 58.8 Å². The highest BCUT2D eigenvalue weighted by molar-refractivity contribution is 5.90. The van der Waals surface area contributed by atoms with Crippen LogP contribution in [0.25, 0.3) is 33.7 Å². The van der Waals surface area contributed by atoms with Crippen LogP contribution in [0.15, 0.2) is 41.1 Å². The Labute approximate surface area is 210 Å². The third-order valence-electron chi connectivity index (χ3n) is 6.85. The molecule has 8 heteroatoms. The summed E-state index contributed by atoms with van der Waals surface area (Å²) in [6, 6.07) is 12.6. The molecule has 0 bridgehead atoms. The van der Waals surface area contributed by atoms with Gasteiger partial charge in [-0.1, -0.05) is 17.3 Å². The van der Waals surface area contributed by atoms with Crippen molar-refractivity contribution in [1.82, 2.24) is 19.6 Å². The smallest absolute Gasteiger partial charge is 0.320 e. The van der Waals surface area contributed by atoms with Crippen LogP contribution in [0, 0.1) is 18.3 Å². The average molecular weight is 484 g/mol. The predicted molar refractivity (Wildman–Crippen MR) is 136 cm³/mol. The number of carbonyl (C=O) groups is 1. The lowest BCUT2D eigenvalue weighted by Gasteiger charge is -2.29. The van der Waals surface area contributed by atoms with Crippen LogP contribution in [0.3, 0.4) is 0 Å². The zero-order chi connectivity index (χ0) is 25.4. The maximum Gasteiger partial charge on any atom is 0.320 e. The fourth-order valence-corrected chi connectivity index (χ4v) is 5.02. The van der Waals surface area contributed by atoms with Crippen LogP contribution in [0.1, 0.15) is 49.1 Å². The van der Waals surface area contributed by atoms with E-state index in [9.17, 15) is 10.1 Å². The summed E-state index contributed by atoms with van der Waals surface area (Å²) in [7, 11) is 0. The zero-order valence-corrected chi connectivity index (χ0v) is 21.0. The molecular formula is C28H29N5O3. The van der Waals surface area contributed by atoms with Crippen molar-refractivity contribution in [3.63, 3.8) is 0 Å². The van der Waals surface area contributed by atoms with Gasteiger partial charge in [0.25, 0.3) is 5.89 Å². The Morgan fingerprint density at radius 2 is 2.11 bits per heavy atom. The number of ether oxygens (including phenoxy) is 1. The van der Waals surface area contributed by atoms with Crippen molar-refractivity contribution in [2.75, 3.05) is 19.7 Å². The van der Waals surface area contributed by atoms with Crippen LogP contribution in [-0.4, -0.2) is 45.3 Å². The summed E-state index contributed by atoms with van der Waals surface area (Å²) in [6.07, 6.45) is 2.74. The van der Waals surface area contributed by atoms with E-state index in [2.05, 4.69) is 47.5 Å². The normalized spacial score (nSPS) is 13.7. The molecule has 8 nitrogen and oxygen atoms in total. The van der Waals surface area contributed by atoms with Crippen molar-refractivity contribution in [2.45, 2.75) is 46.7 Å². The Morgan fingerprint density at radius 3 is 2.86 bits per heavy atom. The molecule has 0 saturated carbocycles. The van der Waals surface area contributed by atoms with Crippen LogP contribution in [0.2, 0.25) is 0 Å². The summed E-state index contributed by atoms with van der Waals surface area (Å²) in [5.74, 6) is 0.778. The van der Waals surface area contributed by atoms with E-state index in [-0.39, 0.29) is 12.0 Å². The highest BCUT2D eigenvalue weighted by Gasteiger charge is 2.23. The molecule has 0 atom stereocenters. The van der Waals surface area contributed by atoms with Gasteiger partial charge in [-0.15, -0.1) is 0 Å². The molecule has 5 rings (SSSR count). The summed E-state index contributed by atoms with van der Waals surface area (Å²) in [6.45, 7) is 10.3. The molecule has 0 fully saturated rings. The molecule has 0 aliphatic carbocycles. The second kappa shape index (κ2) is 9.59. The number of nitriles is 1. The molecule has 3 heterocycles. The van der Waals surface area contributed by atoms with Crippen molar-refractivity contribution in [1.29, 1.82) is 5.26 Å². The average Bonchev–Trinajstić information content (AvgIpc) is 3.49. The summed E-state index contributed by atoms with van der Waals surface area (Å²) in [4.78, 5) is 18.7. The quantitative estimate of drug-likeness (QED) is 0.354. The highest BCUT2D eigenvalue weighted by atomic mass is 16.5. The van der Waals surface area contributed by atoms with Crippen molar-refractivity contribution in [2.24, 2.45) is 0 Å². The molecule has 2 aromatic heterocycles. The minimum absolute atomic E-state index is 0.186. The van der Waals surface area contributed by atoms with E-state index in [4.69, 9.17) is 14.2 Å². The Bertz CT molecular complexity index is 1490. The van der Waals surface area contributed by atoms with Crippen LogP contribution in [0.5, 0.6) is 0 Å². The zero-order valence-electron chi connectivity index (χ0n) is 21.0. The van der Waals surface area contributed by atoms with E-state index in [0.717, 1.165) is 40.6 Å². The number of nitrogens with zero attached hydrogens (tertiary/aromatic N) is 5. The lowest BCUT2D eigenvalue weighted by atomic mass is 9.91. The van der Waals surface area contributed by atoms with Crippen molar-refractivity contribution < 1.29 is 14.1 Å². The first-order valence-electron chi connectivity index (χ1n) is 12.3. The Balaban J connectivity index is 1.42. The molecule has 2 aromatic carbocycles. The van der Waals surface area contributed by atoms with E-state index in [0.29, 0.717) is 37.0 Å². The van der Waals surface area contributed by atoms with Gasteiger partial charge in [-0.2, -0.15) is 10.2 Å². The summed E-state index contributed by atoms with van der Waals surface area (Å²) >= 11 is 0. The molecule has 0 radical (unpaired) electrons. The maximum absolute atomic E-state index is 11.9. The maximum atomic E-state index is 11.9. The molecule has 1 aliphatic rings. The first-order chi connectivity index (χ1) is 17.4. The molecule has 184 valence electrons. The fourth-order valence-electron chi connectivity index (χ4n) is 5.02. The molecule has 4 aromatic rings. The van der Waals surface area contributed by atoms with E-state index < -0.39 is 0 Å². The van der Waals surface area contributed by atoms with Gasteiger partial charge in [0.15, 0.2) is 0 Å². The van der Waals surface area contributed by atoms with E-state index >= 15 is 0 Å². The van der Waals surface area contributed by atoms with Crippen molar-refractivity contribution in [3.8, 4) is 28.9 Å². The Kier molecular flexibility index (Phi) is 6.33. The lowest BCUT2D eigenvalue weighted by Crippen LogP contribution is -2.35. The SMILES string of the molecule is CCOC(=O)CN1CCc2c(ccc(-c3noc(-c4ccc5c(c4)c(C#N)cn5C(C)C)n3)c2C)C1. The van der Waals surface area contributed by atoms with Crippen LogP contribution < -0.4 is 0 Å². The molecule has 0 amide bonds. The molecule has 36 heavy (non-hydrogen) atoms. The molecular weight excluding hydrogens is 454 g/mol. The second-order valence-corrected chi connectivity index (χ2v) is 9.45. The third-order valence-corrected chi connectivity index (χ3v) is 6.85. The monoisotopic (exact) mass is 483 g/mol. The molecule has 0 saturated heterocycles. The number of benzene rings is 2. The second-order valence-electron chi connectivity index (χ2n) is 9.45. The number of rotatable bonds is 6. The van der Waals surface area contributed by atoms with E-state index in [1.807, 2.05) is 37.4 Å². The minimum atomic E-state index is -0.186. The van der Waals surface area contributed by atoms with Gasteiger partial charge in [-0.3, -0.25) is 9.69 Å².